The topological polar surface area (TPSA) is 84.4 Å². The van der Waals surface area contributed by atoms with Crippen molar-refractivity contribution in [3.05, 3.63) is 28.4 Å². The minimum Gasteiger partial charge on any atom is -0.493 e. The third-order valence-electron chi connectivity index (χ3n) is 3.31. The summed E-state index contributed by atoms with van der Waals surface area (Å²) < 4.78 is 10.6. The Morgan fingerprint density at radius 2 is 2.00 bits per heavy atom. The molecule has 0 bridgehead atoms. The van der Waals surface area contributed by atoms with Gasteiger partial charge in [0.1, 0.15) is 5.69 Å². The Morgan fingerprint density at radius 3 is 2.45 bits per heavy atom. The van der Waals surface area contributed by atoms with Crippen molar-refractivity contribution in [2.75, 3.05) is 14.2 Å². The van der Waals surface area contributed by atoms with Crippen LogP contribution in [0, 0.1) is 0 Å². The molecular formula is C15H17ClN2O4. The first-order valence-electron chi connectivity index (χ1n) is 6.64. The van der Waals surface area contributed by atoms with E-state index < -0.39 is 5.97 Å². The number of carboxylic acids is 1. The number of nitrogens with zero attached hydrogens (tertiary/aromatic N) is 1. The molecule has 0 radical (unpaired) electrons. The van der Waals surface area contributed by atoms with Crippen molar-refractivity contribution in [2.45, 2.75) is 19.8 Å². The normalized spacial score (nSPS) is 10.8. The highest BCUT2D eigenvalue weighted by Gasteiger charge is 2.23. The van der Waals surface area contributed by atoms with E-state index in [-0.39, 0.29) is 11.6 Å². The molecule has 7 heteroatoms. The van der Waals surface area contributed by atoms with Crippen molar-refractivity contribution < 1.29 is 19.4 Å². The second-order valence-corrected chi connectivity index (χ2v) is 5.39. The van der Waals surface area contributed by atoms with Crippen LogP contribution in [0.1, 0.15) is 35.8 Å². The molecule has 2 N–H and O–H groups in total. The number of aromatic carboxylic acids is 1. The largest absolute Gasteiger partial charge is 0.493 e. The van der Waals surface area contributed by atoms with Crippen LogP contribution in [0.15, 0.2) is 12.1 Å². The van der Waals surface area contributed by atoms with E-state index in [1.165, 1.54) is 20.3 Å². The zero-order valence-corrected chi connectivity index (χ0v) is 13.5. The molecule has 1 aromatic heterocycles. The van der Waals surface area contributed by atoms with E-state index in [0.717, 1.165) is 5.56 Å². The van der Waals surface area contributed by atoms with E-state index >= 15 is 0 Å². The lowest BCUT2D eigenvalue weighted by Crippen LogP contribution is -2.00. The number of ether oxygens (including phenoxy) is 2. The molecule has 0 aliphatic rings. The standard InChI is InChI=1S/C15H17ClN2O4/c1-7(2)12-8(9-6-10(15(19)20)18-17-9)5-11(21-3)14(22-4)13(12)16/h5-7H,1-4H3,(H,17,18)(H,19,20). The molecule has 0 saturated heterocycles. The molecule has 1 aromatic carbocycles. The molecule has 2 rings (SSSR count). The van der Waals surface area contributed by atoms with E-state index in [4.69, 9.17) is 26.2 Å². The summed E-state index contributed by atoms with van der Waals surface area (Å²) in [5, 5.41) is 16.0. The van der Waals surface area contributed by atoms with Crippen molar-refractivity contribution >= 4 is 17.6 Å². The van der Waals surface area contributed by atoms with Gasteiger partial charge in [0.25, 0.3) is 0 Å². The number of nitrogens with one attached hydrogen (secondary N) is 1. The summed E-state index contributed by atoms with van der Waals surface area (Å²) in [5.41, 5.74) is 2.03. The van der Waals surface area contributed by atoms with Crippen molar-refractivity contribution in [2.24, 2.45) is 0 Å². The predicted molar refractivity (Wildman–Crippen MR) is 83.2 cm³/mol. The van der Waals surface area contributed by atoms with Gasteiger partial charge in [-0.25, -0.2) is 4.79 Å². The fourth-order valence-corrected chi connectivity index (χ4v) is 2.80. The molecule has 0 amide bonds. The lowest BCUT2D eigenvalue weighted by Gasteiger charge is -2.18. The van der Waals surface area contributed by atoms with E-state index in [1.54, 1.807) is 6.07 Å². The van der Waals surface area contributed by atoms with Crippen LogP contribution in [-0.4, -0.2) is 35.5 Å². The Kier molecular flexibility index (Phi) is 4.61. The molecule has 22 heavy (non-hydrogen) atoms. The fourth-order valence-electron chi connectivity index (χ4n) is 2.31. The molecule has 0 spiro atoms. The lowest BCUT2D eigenvalue weighted by atomic mass is 9.94. The number of benzene rings is 1. The second-order valence-electron chi connectivity index (χ2n) is 5.01. The van der Waals surface area contributed by atoms with Crippen molar-refractivity contribution in [1.82, 2.24) is 10.2 Å². The van der Waals surface area contributed by atoms with E-state index in [9.17, 15) is 4.79 Å². The fraction of sp³-hybridized carbons (Fsp3) is 0.333. The first-order chi connectivity index (χ1) is 10.4. The molecule has 0 fully saturated rings. The smallest absolute Gasteiger partial charge is 0.353 e. The van der Waals surface area contributed by atoms with Gasteiger partial charge >= 0.3 is 5.97 Å². The first kappa shape index (κ1) is 16.2. The van der Waals surface area contributed by atoms with Gasteiger partial charge in [-0.3, -0.25) is 5.10 Å². The number of methoxy groups -OCH3 is 2. The van der Waals surface area contributed by atoms with Crippen LogP contribution in [0.5, 0.6) is 11.5 Å². The quantitative estimate of drug-likeness (QED) is 0.878. The van der Waals surface area contributed by atoms with Crippen LogP contribution < -0.4 is 9.47 Å². The van der Waals surface area contributed by atoms with Gasteiger partial charge in [0.15, 0.2) is 11.5 Å². The maximum atomic E-state index is 11.0. The van der Waals surface area contributed by atoms with Crippen LogP contribution in [0.3, 0.4) is 0 Å². The van der Waals surface area contributed by atoms with E-state index in [0.29, 0.717) is 27.8 Å². The summed E-state index contributed by atoms with van der Waals surface area (Å²) in [5.74, 6) is -0.0684. The summed E-state index contributed by atoms with van der Waals surface area (Å²) in [6, 6.07) is 3.22. The average molecular weight is 325 g/mol. The maximum Gasteiger partial charge on any atom is 0.353 e. The highest BCUT2D eigenvalue weighted by atomic mass is 35.5. The van der Waals surface area contributed by atoms with Crippen LogP contribution in [0.4, 0.5) is 0 Å². The zero-order chi connectivity index (χ0) is 16.4. The van der Waals surface area contributed by atoms with E-state index in [2.05, 4.69) is 10.2 Å². The number of rotatable bonds is 5. The third-order valence-corrected chi connectivity index (χ3v) is 3.69. The highest BCUT2D eigenvalue weighted by Crippen LogP contribution is 2.45. The van der Waals surface area contributed by atoms with Crippen LogP contribution >= 0.6 is 11.6 Å². The minimum atomic E-state index is -1.07. The number of aromatic amines is 1. The number of H-pyrrole nitrogens is 1. The number of carboxylic acid groups (broad SMARTS) is 1. The monoisotopic (exact) mass is 324 g/mol. The maximum absolute atomic E-state index is 11.0. The Morgan fingerprint density at radius 1 is 1.32 bits per heavy atom. The molecule has 0 aliphatic heterocycles. The van der Waals surface area contributed by atoms with Gasteiger partial charge in [-0.1, -0.05) is 25.4 Å². The highest BCUT2D eigenvalue weighted by molar-refractivity contribution is 6.33. The van der Waals surface area contributed by atoms with Gasteiger partial charge in [0.2, 0.25) is 0 Å². The van der Waals surface area contributed by atoms with Crippen LogP contribution in [0.25, 0.3) is 11.3 Å². The van der Waals surface area contributed by atoms with Crippen molar-refractivity contribution in [3.63, 3.8) is 0 Å². The summed E-state index contributed by atoms with van der Waals surface area (Å²) >= 11 is 6.45. The molecule has 6 nitrogen and oxygen atoms in total. The summed E-state index contributed by atoms with van der Waals surface area (Å²) in [7, 11) is 3.03. The van der Waals surface area contributed by atoms with Crippen LogP contribution in [-0.2, 0) is 0 Å². The van der Waals surface area contributed by atoms with E-state index in [1.807, 2.05) is 13.8 Å². The van der Waals surface area contributed by atoms with Gasteiger partial charge in [0, 0.05) is 5.56 Å². The van der Waals surface area contributed by atoms with Gasteiger partial charge in [0.05, 0.1) is 24.9 Å². The number of hydrogen-bond acceptors (Lipinski definition) is 4. The summed E-state index contributed by atoms with van der Waals surface area (Å²) in [4.78, 5) is 11.0. The van der Waals surface area contributed by atoms with Crippen LogP contribution in [0.2, 0.25) is 5.02 Å². The van der Waals surface area contributed by atoms with Gasteiger partial charge in [-0.05, 0) is 23.6 Å². The molecule has 0 aliphatic carbocycles. The number of halogens is 1. The van der Waals surface area contributed by atoms with Gasteiger partial charge in [-0.2, -0.15) is 5.10 Å². The molecule has 0 atom stereocenters. The summed E-state index contributed by atoms with van der Waals surface area (Å²) in [6.07, 6.45) is 0. The molecular weight excluding hydrogens is 308 g/mol. The molecule has 118 valence electrons. The SMILES string of the molecule is COc1cc(-c2cc(C(=O)O)[nH]n2)c(C(C)C)c(Cl)c1OC. The number of hydrogen-bond donors (Lipinski definition) is 2. The molecule has 1 heterocycles. The van der Waals surface area contributed by atoms with Crippen molar-refractivity contribution in [1.29, 1.82) is 0 Å². The molecule has 0 saturated carbocycles. The first-order valence-corrected chi connectivity index (χ1v) is 7.01. The zero-order valence-electron chi connectivity index (χ0n) is 12.7. The second kappa shape index (κ2) is 6.27. The van der Waals surface area contributed by atoms with Crippen molar-refractivity contribution in [3.8, 4) is 22.8 Å². The molecule has 2 aromatic rings. The third kappa shape index (κ3) is 2.74. The Balaban J connectivity index is 2.72. The lowest BCUT2D eigenvalue weighted by molar-refractivity contribution is 0.0690. The Hall–Kier alpha value is -2.21. The minimum absolute atomic E-state index is 0.00983. The molecule has 0 unspecified atom stereocenters. The van der Waals surface area contributed by atoms with Gasteiger partial charge in [-0.15, -0.1) is 0 Å². The Labute approximate surface area is 133 Å². The summed E-state index contributed by atoms with van der Waals surface area (Å²) in [6.45, 7) is 3.97. The van der Waals surface area contributed by atoms with Gasteiger partial charge < -0.3 is 14.6 Å². The number of carbonyl (C=O) groups is 1. The number of aromatic nitrogens is 2. The Bertz CT molecular complexity index is 710. The predicted octanol–water partition coefficient (Wildman–Crippen LogP) is 3.57. The average Bonchev–Trinajstić information content (AvgIpc) is 2.95.